The number of benzene rings is 2. The largest absolute Gasteiger partial charge is 0.525 e. The Morgan fingerprint density at radius 2 is 1.74 bits per heavy atom. The molecule has 0 saturated heterocycles. The normalized spacial score (nSPS) is 21.7. The minimum absolute atomic E-state index is 0.162. The minimum Gasteiger partial charge on any atom is -0.360 e. The number of hydrogen-bond donors (Lipinski definition) is 4. The Bertz CT molecular complexity index is 1250. The minimum atomic E-state index is -5.29. The van der Waals surface area contributed by atoms with Gasteiger partial charge in [0.15, 0.2) is 4.32 Å². The Hall–Kier alpha value is -3.13. The fourth-order valence-corrected chi connectivity index (χ4v) is 4.12. The number of ether oxygens (including phenoxy) is 1. The third-order valence-electron chi connectivity index (χ3n) is 4.81. The molecule has 1 aliphatic rings. The highest BCUT2D eigenvalue weighted by Crippen LogP contribution is 2.46. The summed E-state index contributed by atoms with van der Waals surface area (Å²) in [5.41, 5.74) is 5.42. The van der Waals surface area contributed by atoms with Crippen LogP contribution in [0.25, 0.3) is 5.57 Å². The van der Waals surface area contributed by atoms with Crippen molar-refractivity contribution in [3.63, 3.8) is 0 Å². The van der Waals surface area contributed by atoms with Gasteiger partial charge in [-0.1, -0.05) is 64.6 Å². The molecule has 0 heterocycles. The van der Waals surface area contributed by atoms with Crippen LogP contribution in [0, 0.1) is 5.82 Å². The summed E-state index contributed by atoms with van der Waals surface area (Å²) in [6.07, 6.45) is -2.45. The van der Waals surface area contributed by atoms with Crippen molar-refractivity contribution in [2.24, 2.45) is 5.73 Å². The van der Waals surface area contributed by atoms with Gasteiger partial charge in [-0.15, -0.1) is 13.2 Å². The van der Waals surface area contributed by atoms with E-state index >= 15 is 0 Å². The molecule has 3 amide bonds. The molecule has 2 atom stereocenters. The summed E-state index contributed by atoms with van der Waals surface area (Å²) in [7, 11) is 0. The zero-order valence-corrected chi connectivity index (χ0v) is 19.8. The molecule has 3 rings (SSSR count). The molecular weight excluding hydrogens is 558 g/mol. The molecule has 0 saturated carbocycles. The number of nitrogens with one attached hydrogen (secondary N) is 2. The van der Waals surface area contributed by atoms with Crippen LogP contribution in [0.1, 0.15) is 15.9 Å². The fraction of sp³-hybridized carbons (Fsp3) is 0.136. The zero-order valence-electron chi connectivity index (χ0n) is 17.4. The number of halogens is 5. The lowest BCUT2D eigenvalue weighted by Gasteiger charge is -2.41. The van der Waals surface area contributed by atoms with Crippen molar-refractivity contribution in [2.75, 3.05) is 5.32 Å². The van der Waals surface area contributed by atoms with Gasteiger partial charge in [-0.05, 0) is 35.9 Å². The Morgan fingerprint density at radius 3 is 2.37 bits per heavy atom. The van der Waals surface area contributed by atoms with Crippen molar-refractivity contribution in [2.45, 2.75) is 16.5 Å². The second-order valence-corrected chi connectivity index (χ2v) is 8.85. The maximum atomic E-state index is 14.0. The van der Waals surface area contributed by atoms with E-state index in [1.165, 1.54) is 30.3 Å². The number of anilines is 1. The molecule has 2 aromatic carbocycles. The van der Waals surface area contributed by atoms with Crippen LogP contribution in [0.2, 0.25) is 0 Å². The smallest absolute Gasteiger partial charge is 0.360 e. The highest BCUT2D eigenvalue weighted by Gasteiger charge is 2.57. The van der Waals surface area contributed by atoms with Gasteiger partial charge in [-0.2, -0.15) is 0 Å². The Morgan fingerprint density at radius 1 is 1.11 bits per heavy atom. The molecule has 7 nitrogen and oxygen atoms in total. The molecule has 0 aromatic heterocycles. The number of primary amides is 1. The number of para-hydroxylation sites is 1. The van der Waals surface area contributed by atoms with Gasteiger partial charge in [0.05, 0.1) is 5.56 Å². The molecule has 2 unspecified atom stereocenters. The molecule has 5 N–H and O–H groups in total. The molecule has 2 aromatic rings. The summed E-state index contributed by atoms with van der Waals surface area (Å²) in [6, 6.07) is 10.2. The Kier molecular flexibility index (Phi) is 7.45. The zero-order chi connectivity index (χ0) is 26.0. The number of carbonyl (C=O) groups is 2. The number of rotatable bonds is 5. The van der Waals surface area contributed by atoms with Gasteiger partial charge < -0.3 is 21.5 Å². The molecule has 0 fully saturated rings. The lowest BCUT2D eigenvalue weighted by Crippen LogP contribution is -2.61. The van der Waals surface area contributed by atoms with Crippen LogP contribution < -0.4 is 16.4 Å². The summed E-state index contributed by atoms with van der Waals surface area (Å²) in [4.78, 5) is 23.3. The highest BCUT2D eigenvalue weighted by atomic mass is 79.9. The fourth-order valence-electron chi connectivity index (χ4n) is 3.25. The van der Waals surface area contributed by atoms with Crippen LogP contribution in [-0.2, 0) is 4.74 Å². The Labute approximate surface area is 209 Å². The molecule has 0 aliphatic heterocycles. The maximum absolute atomic E-state index is 14.0. The van der Waals surface area contributed by atoms with Crippen molar-refractivity contribution in [3.8, 4) is 0 Å². The standard InChI is InChI=1S/C22H16BrF4N3O4S/c23-20(18(35)30-19(28)32)11-12(9-10-21(20,33)34-22(25,26)27)13-5-2-4-8-16(13)29-17(31)14-6-1-3-7-15(14)24/h1-11,33H,(H,29,31)(H3,28,30,32,35). The van der Waals surface area contributed by atoms with E-state index in [0.717, 1.165) is 18.2 Å². The number of amides is 3. The van der Waals surface area contributed by atoms with Crippen LogP contribution in [-0.4, -0.2) is 38.5 Å². The quantitative estimate of drug-likeness (QED) is 0.183. The Balaban J connectivity index is 2.06. The number of aliphatic hydroxyl groups is 1. The van der Waals surface area contributed by atoms with Crippen LogP contribution in [0.15, 0.2) is 66.8 Å². The first-order valence-corrected chi connectivity index (χ1v) is 10.8. The van der Waals surface area contributed by atoms with Crippen molar-refractivity contribution < 1.29 is 37.0 Å². The highest BCUT2D eigenvalue weighted by molar-refractivity contribution is 9.10. The predicted molar refractivity (Wildman–Crippen MR) is 127 cm³/mol. The third kappa shape index (κ3) is 5.75. The summed E-state index contributed by atoms with van der Waals surface area (Å²) < 4.78 is 54.9. The van der Waals surface area contributed by atoms with E-state index in [1.807, 2.05) is 5.32 Å². The molecule has 13 heteroatoms. The van der Waals surface area contributed by atoms with Crippen molar-refractivity contribution in [1.29, 1.82) is 0 Å². The van der Waals surface area contributed by atoms with Crippen LogP contribution >= 0.6 is 28.1 Å². The number of urea groups is 1. The number of carbonyl (C=O) groups excluding carboxylic acids is 2. The number of thiocarbonyl (C=S) groups is 1. The number of allylic oxidation sites excluding steroid dienone is 2. The van der Waals surface area contributed by atoms with E-state index in [4.69, 9.17) is 18.0 Å². The third-order valence-corrected chi connectivity index (χ3v) is 6.69. The van der Waals surface area contributed by atoms with Crippen molar-refractivity contribution in [1.82, 2.24) is 5.32 Å². The van der Waals surface area contributed by atoms with Gasteiger partial charge in [-0.25, -0.2) is 9.18 Å². The molecule has 0 radical (unpaired) electrons. The van der Waals surface area contributed by atoms with E-state index < -0.39 is 39.2 Å². The molecule has 184 valence electrons. The second kappa shape index (κ2) is 9.85. The average molecular weight is 574 g/mol. The summed E-state index contributed by atoms with van der Waals surface area (Å²) in [5.74, 6) is -4.65. The first-order chi connectivity index (χ1) is 16.3. The van der Waals surface area contributed by atoms with Gasteiger partial charge in [-0.3, -0.25) is 9.53 Å². The number of hydrogen-bond acceptors (Lipinski definition) is 5. The molecule has 0 spiro atoms. The number of nitrogens with two attached hydrogens (primary N) is 1. The molecule has 0 bridgehead atoms. The first-order valence-electron chi connectivity index (χ1n) is 9.62. The lowest BCUT2D eigenvalue weighted by atomic mass is 9.86. The maximum Gasteiger partial charge on any atom is 0.525 e. The molecule has 35 heavy (non-hydrogen) atoms. The van der Waals surface area contributed by atoms with E-state index in [1.54, 1.807) is 12.1 Å². The SMILES string of the molecule is NC(=O)NC(=S)C1(Br)C=C(c2ccccc2NC(=O)c2ccccc2F)C=CC1(O)OC(F)(F)F. The molecular formula is C22H16BrF4N3O4S. The van der Waals surface area contributed by atoms with Crippen molar-refractivity contribution in [3.05, 3.63) is 83.7 Å². The van der Waals surface area contributed by atoms with Crippen LogP contribution in [0.4, 0.5) is 28.0 Å². The summed E-state index contributed by atoms with van der Waals surface area (Å²) in [6.45, 7) is 0. The second-order valence-electron chi connectivity index (χ2n) is 7.19. The van der Waals surface area contributed by atoms with Gasteiger partial charge in [0.25, 0.3) is 5.91 Å². The lowest BCUT2D eigenvalue weighted by molar-refractivity contribution is -0.396. The average Bonchev–Trinajstić information content (AvgIpc) is 2.75. The van der Waals surface area contributed by atoms with Gasteiger partial charge in [0.2, 0.25) is 5.79 Å². The summed E-state index contributed by atoms with van der Waals surface area (Å²) in [5, 5.41) is 15.3. The van der Waals surface area contributed by atoms with Gasteiger partial charge in [0, 0.05) is 11.3 Å². The first kappa shape index (κ1) is 26.5. The van der Waals surface area contributed by atoms with E-state index in [0.29, 0.717) is 6.08 Å². The van der Waals surface area contributed by atoms with Gasteiger partial charge >= 0.3 is 12.4 Å². The van der Waals surface area contributed by atoms with Crippen molar-refractivity contribution >= 4 is 56.3 Å². The van der Waals surface area contributed by atoms with Crippen LogP contribution in [0.5, 0.6) is 0 Å². The van der Waals surface area contributed by atoms with E-state index in [-0.39, 0.29) is 22.4 Å². The monoisotopic (exact) mass is 573 g/mol. The van der Waals surface area contributed by atoms with Crippen LogP contribution in [0.3, 0.4) is 0 Å². The predicted octanol–water partition coefficient (Wildman–Crippen LogP) is 4.39. The number of alkyl halides is 4. The van der Waals surface area contributed by atoms with Gasteiger partial charge in [0.1, 0.15) is 10.8 Å². The molecule has 1 aliphatic carbocycles. The van der Waals surface area contributed by atoms with E-state index in [2.05, 4.69) is 26.0 Å². The van der Waals surface area contributed by atoms with E-state index in [9.17, 15) is 32.3 Å². The summed E-state index contributed by atoms with van der Waals surface area (Å²) >= 11 is 8.00. The topological polar surface area (TPSA) is 114 Å².